The minimum absolute atomic E-state index is 0.509. The average molecular weight is 867 g/mol. The average Bonchev–Trinajstić information content (AvgIpc) is 3.85. The summed E-state index contributed by atoms with van der Waals surface area (Å²) in [6.07, 6.45) is 0. The summed E-state index contributed by atoms with van der Waals surface area (Å²) in [6.45, 7) is 17.8. The Hall–Kier alpha value is -3.78. The Kier molecular flexibility index (Phi) is 16.3. The van der Waals surface area contributed by atoms with Crippen LogP contribution in [0.5, 0.6) is 0 Å². The van der Waals surface area contributed by atoms with E-state index in [9.17, 15) is 0 Å². The Balaban J connectivity index is 0.000000188. The molecule has 0 saturated carbocycles. The van der Waals surface area contributed by atoms with Crippen molar-refractivity contribution in [2.75, 3.05) is 0 Å². The molecule has 0 spiro atoms. The molecule has 0 unspecified atom stereocenters. The molecule has 56 heavy (non-hydrogen) atoms. The van der Waals surface area contributed by atoms with Gasteiger partial charge in [0.15, 0.2) is 0 Å². The van der Waals surface area contributed by atoms with E-state index >= 15 is 0 Å². The van der Waals surface area contributed by atoms with Crippen LogP contribution in [0.1, 0.15) is 61.8 Å². The Labute approximate surface area is 357 Å². The number of benzene rings is 6. The number of halogens is 2. The second-order valence-electron chi connectivity index (χ2n) is 14.8. The van der Waals surface area contributed by atoms with Gasteiger partial charge in [0.2, 0.25) is 0 Å². The number of aryl methyl sites for hydroxylation is 2. The third-order valence-corrected chi connectivity index (χ3v) is 10.1. The van der Waals surface area contributed by atoms with Crippen molar-refractivity contribution in [2.45, 2.75) is 66.5 Å². The molecular weight excluding hydrogens is 815 g/mol. The molecule has 282 valence electrons. The molecule has 0 aliphatic heterocycles. The molecule has 0 saturated heterocycles. The van der Waals surface area contributed by atoms with E-state index in [1.165, 1.54) is 88.3 Å². The summed E-state index contributed by atoms with van der Waals surface area (Å²) in [5, 5.41) is 5.34. The zero-order valence-electron chi connectivity index (χ0n) is 33.9. The molecule has 0 atom stereocenters. The fraction of sp³-hybridized carbons (Fsp3) is 0.192. The van der Waals surface area contributed by atoms with Crippen LogP contribution < -0.4 is 0 Å². The predicted molar refractivity (Wildman–Crippen MR) is 248 cm³/mol. The van der Waals surface area contributed by atoms with Gasteiger partial charge in [0.25, 0.3) is 0 Å². The van der Waals surface area contributed by atoms with E-state index in [-0.39, 0.29) is 0 Å². The SMILES string of the molecule is C[Si]C.Cc1ccc2[cH-]c(-c3ccccc3)cc2c1-c1ccccc1C(C)C.Cc1ccc2[cH-]c(-c3ccccc3)cc2c1-c1ccccc1C(C)C.[Cl][Zr+2][Cl]. The van der Waals surface area contributed by atoms with Crippen LogP contribution in [0.2, 0.25) is 13.1 Å². The summed E-state index contributed by atoms with van der Waals surface area (Å²) in [5.74, 6) is 1.02. The van der Waals surface area contributed by atoms with Crippen molar-refractivity contribution in [3.8, 4) is 44.5 Å². The van der Waals surface area contributed by atoms with Gasteiger partial charge in [0.05, 0.1) is 0 Å². The third-order valence-electron chi connectivity index (χ3n) is 10.1. The quantitative estimate of drug-likeness (QED) is 0.115. The van der Waals surface area contributed by atoms with Gasteiger partial charge >= 0.3 is 37.9 Å². The van der Waals surface area contributed by atoms with E-state index < -0.39 is 20.8 Å². The summed E-state index contributed by atoms with van der Waals surface area (Å²) < 4.78 is 0. The first-order chi connectivity index (χ1) is 27.1. The Morgan fingerprint density at radius 2 is 0.804 bits per heavy atom. The number of hydrogen-bond acceptors (Lipinski definition) is 0. The Morgan fingerprint density at radius 3 is 1.14 bits per heavy atom. The van der Waals surface area contributed by atoms with Crippen LogP contribution in [0.3, 0.4) is 0 Å². The van der Waals surface area contributed by atoms with Crippen LogP contribution in [0.4, 0.5) is 0 Å². The summed E-state index contributed by atoms with van der Waals surface area (Å²) in [6, 6.07) is 57.3. The van der Waals surface area contributed by atoms with Gasteiger partial charge in [-0.25, -0.2) is 0 Å². The first-order valence-electron chi connectivity index (χ1n) is 19.4. The minimum atomic E-state index is -0.826. The second-order valence-corrected chi connectivity index (χ2v) is 19.5. The van der Waals surface area contributed by atoms with Crippen LogP contribution in [0.15, 0.2) is 158 Å². The summed E-state index contributed by atoms with van der Waals surface area (Å²) in [7, 11) is 11.0. The zero-order chi connectivity index (χ0) is 40.2. The van der Waals surface area contributed by atoms with E-state index in [0.717, 1.165) is 9.52 Å². The van der Waals surface area contributed by atoms with E-state index in [4.69, 9.17) is 17.0 Å². The molecular formula is C52H52Cl2SiZr. The molecule has 0 bridgehead atoms. The zero-order valence-corrected chi connectivity index (χ0v) is 38.9. The van der Waals surface area contributed by atoms with Crippen molar-refractivity contribution in [3.05, 3.63) is 180 Å². The molecule has 2 radical (unpaired) electrons. The number of rotatable bonds is 6. The number of fused-ring (bicyclic) bond motifs is 2. The van der Waals surface area contributed by atoms with Gasteiger partial charge in [0.1, 0.15) is 0 Å². The molecule has 8 aromatic carbocycles. The van der Waals surface area contributed by atoms with E-state index in [1.54, 1.807) is 0 Å². The standard InChI is InChI=1S/2C25H23.C2H6Si.2ClH.Zr/c2*1-17(2)22-11-7-8-12-23(22)25-18(3)13-14-20-15-21(16-24(20)25)19-9-5-4-6-10-19;1-3-2;;;/h2*4-17H,1-3H3;1-2H3;2*1H;/q2*-1;;;;+4/p-2. The fourth-order valence-corrected chi connectivity index (χ4v) is 7.55. The van der Waals surface area contributed by atoms with Gasteiger partial charge in [0, 0.05) is 9.52 Å². The molecule has 0 aliphatic carbocycles. The molecule has 0 aromatic heterocycles. The van der Waals surface area contributed by atoms with Crippen LogP contribution in [0, 0.1) is 13.8 Å². The molecule has 0 N–H and O–H groups in total. The summed E-state index contributed by atoms with van der Waals surface area (Å²) >= 11 is -0.826. The topological polar surface area (TPSA) is 0 Å². The van der Waals surface area contributed by atoms with Crippen LogP contribution in [0.25, 0.3) is 66.1 Å². The molecule has 0 fully saturated rings. The summed E-state index contributed by atoms with van der Waals surface area (Å²) in [5.41, 5.74) is 16.1. The monoisotopic (exact) mass is 864 g/mol. The van der Waals surface area contributed by atoms with Gasteiger partial charge in [-0.1, -0.05) is 184 Å². The first kappa shape index (κ1) is 43.3. The number of hydrogen-bond donors (Lipinski definition) is 0. The normalized spacial score (nSPS) is 10.6. The predicted octanol–water partition coefficient (Wildman–Crippen LogP) is 16.8. The van der Waals surface area contributed by atoms with E-state index in [2.05, 4.69) is 212 Å². The van der Waals surface area contributed by atoms with Crippen molar-refractivity contribution in [3.63, 3.8) is 0 Å². The Bertz CT molecular complexity index is 2260. The summed E-state index contributed by atoms with van der Waals surface area (Å²) in [4.78, 5) is 0. The van der Waals surface area contributed by atoms with Crippen molar-refractivity contribution in [1.82, 2.24) is 0 Å². The van der Waals surface area contributed by atoms with Crippen LogP contribution in [-0.2, 0) is 20.8 Å². The molecule has 0 heterocycles. The van der Waals surface area contributed by atoms with Crippen LogP contribution in [-0.4, -0.2) is 9.52 Å². The van der Waals surface area contributed by atoms with Gasteiger partial charge in [-0.2, -0.15) is 0 Å². The van der Waals surface area contributed by atoms with E-state index in [0.29, 0.717) is 11.8 Å². The molecule has 0 aliphatic rings. The first-order valence-corrected chi connectivity index (χ1v) is 27.7. The fourth-order valence-electron chi connectivity index (χ4n) is 7.55. The maximum absolute atomic E-state index is 4.93. The van der Waals surface area contributed by atoms with Crippen molar-refractivity contribution >= 4 is 48.1 Å². The molecule has 4 heteroatoms. The van der Waals surface area contributed by atoms with Crippen molar-refractivity contribution < 1.29 is 20.8 Å². The molecule has 0 amide bonds. The second kappa shape index (κ2) is 21.1. The van der Waals surface area contributed by atoms with Gasteiger partial charge in [-0.3, -0.25) is 0 Å². The molecule has 8 aromatic rings. The van der Waals surface area contributed by atoms with Crippen molar-refractivity contribution in [2.24, 2.45) is 0 Å². The van der Waals surface area contributed by atoms with Crippen LogP contribution >= 0.6 is 17.0 Å². The maximum atomic E-state index is 4.93. The molecule has 8 rings (SSSR count). The van der Waals surface area contributed by atoms with E-state index in [1.807, 2.05) is 0 Å². The van der Waals surface area contributed by atoms with Crippen molar-refractivity contribution in [1.29, 1.82) is 0 Å². The third kappa shape index (κ3) is 10.4. The van der Waals surface area contributed by atoms with Gasteiger partial charge in [-0.05, 0) is 59.1 Å². The van der Waals surface area contributed by atoms with Gasteiger partial charge in [-0.15, -0.1) is 69.1 Å². The Morgan fingerprint density at radius 1 is 0.482 bits per heavy atom. The molecule has 0 nitrogen and oxygen atoms in total. The van der Waals surface area contributed by atoms with Gasteiger partial charge < -0.3 is 0 Å².